The molecule has 3 aromatic rings. The van der Waals surface area contributed by atoms with Crippen LogP contribution in [0, 0.1) is 0 Å². The van der Waals surface area contributed by atoms with E-state index in [1.54, 1.807) is 37.3 Å². The van der Waals surface area contributed by atoms with Gasteiger partial charge >= 0.3 is 0 Å². The van der Waals surface area contributed by atoms with Gasteiger partial charge in [-0.05, 0) is 93.3 Å². The van der Waals surface area contributed by atoms with E-state index in [9.17, 15) is 9.59 Å². The maximum absolute atomic E-state index is 14.0. The summed E-state index contributed by atoms with van der Waals surface area (Å²) in [4.78, 5) is 28.4. The number of fused-ring (bicyclic) bond motifs is 1. The van der Waals surface area contributed by atoms with Crippen molar-refractivity contribution in [3.63, 3.8) is 0 Å². The van der Waals surface area contributed by atoms with Crippen LogP contribution in [0.4, 0.5) is 5.69 Å². The molecular formula is C30H32Cl2N2O4. The van der Waals surface area contributed by atoms with Crippen LogP contribution in [0.3, 0.4) is 0 Å². The molecule has 1 N–H and O–H groups in total. The standard InChI is InChI=1S/C30H32Cl2N2O4/c1-18(2)33-28(35)20-7-10-25(32)19(14-20)12-13-30(3)24-15-22(31)8-11-26(24)34(29(30)36)17-21-6-9-23(37-4)16-27(21)38-5/h6-11,14-16,18H,12-13,17H2,1-5H3,(H,33,35). The number of nitrogens with zero attached hydrogens (tertiary/aromatic N) is 1. The van der Waals surface area contributed by atoms with Gasteiger partial charge in [0.2, 0.25) is 5.91 Å². The SMILES string of the molecule is COc1ccc(CN2C(=O)C(C)(CCc3cc(C(=O)NC(C)C)ccc3Cl)c3cc(Cl)ccc32)c(OC)c1. The van der Waals surface area contributed by atoms with Gasteiger partial charge in [-0.25, -0.2) is 0 Å². The van der Waals surface area contributed by atoms with E-state index in [4.69, 9.17) is 32.7 Å². The number of carbonyl (C=O) groups excluding carboxylic acids is 2. The molecular weight excluding hydrogens is 523 g/mol. The number of rotatable bonds is 9. The first-order chi connectivity index (χ1) is 18.1. The topological polar surface area (TPSA) is 67.9 Å². The highest BCUT2D eigenvalue weighted by Gasteiger charge is 2.47. The van der Waals surface area contributed by atoms with Gasteiger partial charge in [-0.2, -0.15) is 0 Å². The average molecular weight is 556 g/mol. The maximum atomic E-state index is 14.0. The van der Waals surface area contributed by atoms with Crippen LogP contribution < -0.4 is 19.7 Å². The molecule has 0 fully saturated rings. The number of nitrogens with one attached hydrogen (secondary N) is 1. The Labute approximate surface area is 233 Å². The highest BCUT2D eigenvalue weighted by molar-refractivity contribution is 6.31. The van der Waals surface area contributed by atoms with E-state index < -0.39 is 5.41 Å². The number of halogens is 2. The monoisotopic (exact) mass is 554 g/mol. The minimum absolute atomic E-state index is 0.0215. The maximum Gasteiger partial charge on any atom is 0.251 e. The second kappa shape index (κ2) is 11.3. The van der Waals surface area contributed by atoms with Crippen molar-refractivity contribution in [2.24, 2.45) is 0 Å². The van der Waals surface area contributed by atoms with Crippen molar-refractivity contribution in [3.05, 3.63) is 86.9 Å². The number of aryl methyl sites for hydroxylation is 1. The lowest BCUT2D eigenvalue weighted by molar-refractivity contribution is -0.123. The van der Waals surface area contributed by atoms with Crippen molar-refractivity contribution in [2.45, 2.75) is 51.6 Å². The number of amides is 2. The minimum Gasteiger partial charge on any atom is -0.497 e. The number of hydrogen-bond acceptors (Lipinski definition) is 4. The van der Waals surface area contributed by atoms with Crippen LogP contribution in [0.25, 0.3) is 0 Å². The summed E-state index contributed by atoms with van der Waals surface area (Å²) in [5.74, 6) is 1.14. The second-order valence-corrected chi connectivity index (χ2v) is 10.8. The molecule has 200 valence electrons. The second-order valence-electron chi connectivity index (χ2n) is 10.00. The third-order valence-electron chi connectivity index (χ3n) is 7.01. The summed E-state index contributed by atoms with van der Waals surface area (Å²) in [6, 6.07) is 16.4. The van der Waals surface area contributed by atoms with E-state index >= 15 is 0 Å². The summed E-state index contributed by atoms with van der Waals surface area (Å²) in [6.07, 6.45) is 1.000. The van der Waals surface area contributed by atoms with Gasteiger partial charge in [-0.1, -0.05) is 23.2 Å². The molecule has 0 bridgehead atoms. The fraction of sp³-hybridized carbons (Fsp3) is 0.333. The van der Waals surface area contributed by atoms with Gasteiger partial charge in [0.25, 0.3) is 5.91 Å². The first-order valence-corrected chi connectivity index (χ1v) is 13.2. The van der Waals surface area contributed by atoms with Crippen LogP contribution in [0.2, 0.25) is 10.0 Å². The molecule has 0 saturated heterocycles. The number of hydrogen-bond donors (Lipinski definition) is 1. The molecule has 3 aromatic carbocycles. The van der Waals surface area contributed by atoms with E-state index in [1.165, 1.54) is 0 Å². The smallest absolute Gasteiger partial charge is 0.251 e. The normalized spacial score (nSPS) is 16.5. The predicted octanol–water partition coefficient (Wildman–Crippen LogP) is 6.59. The van der Waals surface area contributed by atoms with Crippen LogP contribution in [0.15, 0.2) is 54.6 Å². The van der Waals surface area contributed by atoms with Gasteiger partial charge in [0, 0.05) is 39.0 Å². The van der Waals surface area contributed by atoms with Gasteiger partial charge in [0.05, 0.1) is 26.2 Å². The highest BCUT2D eigenvalue weighted by atomic mass is 35.5. The first-order valence-electron chi connectivity index (χ1n) is 12.5. The molecule has 38 heavy (non-hydrogen) atoms. The Morgan fingerprint density at radius 1 is 1.00 bits per heavy atom. The minimum atomic E-state index is -0.834. The third-order valence-corrected chi connectivity index (χ3v) is 7.61. The molecule has 1 aliphatic heterocycles. The lowest BCUT2D eigenvalue weighted by atomic mass is 9.78. The Morgan fingerprint density at radius 2 is 1.76 bits per heavy atom. The summed E-state index contributed by atoms with van der Waals surface area (Å²) in [5.41, 5.74) is 3.06. The van der Waals surface area contributed by atoms with Crippen molar-refractivity contribution < 1.29 is 19.1 Å². The molecule has 1 heterocycles. The zero-order valence-electron chi connectivity index (χ0n) is 22.2. The van der Waals surface area contributed by atoms with E-state index in [0.29, 0.717) is 46.5 Å². The fourth-order valence-corrected chi connectivity index (χ4v) is 5.28. The first kappa shape index (κ1) is 27.8. The molecule has 0 radical (unpaired) electrons. The Balaban J connectivity index is 1.64. The molecule has 4 rings (SSSR count). The van der Waals surface area contributed by atoms with E-state index in [1.807, 2.05) is 57.2 Å². The molecule has 1 atom stereocenters. The van der Waals surface area contributed by atoms with Gasteiger partial charge in [-0.3, -0.25) is 9.59 Å². The molecule has 0 saturated carbocycles. The van der Waals surface area contributed by atoms with Crippen molar-refractivity contribution in [1.82, 2.24) is 5.32 Å². The zero-order chi connectivity index (χ0) is 27.6. The molecule has 6 nitrogen and oxygen atoms in total. The van der Waals surface area contributed by atoms with Crippen LogP contribution in [-0.2, 0) is 23.2 Å². The fourth-order valence-electron chi connectivity index (χ4n) is 4.90. The van der Waals surface area contributed by atoms with Gasteiger partial charge in [0.15, 0.2) is 0 Å². The van der Waals surface area contributed by atoms with Gasteiger partial charge < -0.3 is 19.7 Å². The van der Waals surface area contributed by atoms with Crippen molar-refractivity contribution in [2.75, 3.05) is 19.1 Å². The van der Waals surface area contributed by atoms with Crippen LogP contribution in [-0.4, -0.2) is 32.1 Å². The van der Waals surface area contributed by atoms with E-state index in [-0.39, 0.29) is 17.9 Å². The van der Waals surface area contributed by atoms with Gasteiger partial charge in [-0.15, -0.1) is 0 Å². The Hall–Kier alpha value is -3.22. The van der Waals surface area contributed by atoms with Crippen molar-refractivity contribution >= 4 is 40.7 Å². The molecule has 1 unspecified atom stereocenters. The van der Waals surface area contributed by atoms with Crippen LogP contribution in [0.1, 0.15) is 54.2 Å². The number of benzene rings is 3. The molecule has 0 aromatic heterocycles. The summed E-state index contributed by atoms with van der Waals surface area (Å²) < 4.78 is 10.9. The average Bonchev–Trinajstić information content (AvgIpc) is 3.09. The number of methoxy groups -OCH3 is 2. The van der Waals surface area contributed by atoms with E-state index in [2.05, 4.69) is 5.32 Å². The Bertz CT molecular complexity index is 1370. The predicted molar refractivity (Wildman–Crippen MR) is 152 cm³/mol. The summed E-state index contributed by atoms with van der Waals surface area (Å²) in [6.45, 7) is 6.11. The quantitative estimate of drug-likeness (QED) is 0.324. The molecule has 0 spiro atoms. The third kappa shape index (κ3) is 5.47. The van der Waals surface area contributed by atoms with Crippen molar-refractivity contribution in [3.8, 4) is 11.5 Å². The number of anilines is 1. The molecule has 2 amide bonds. The number of carbonyl (C=O) groups is 2. The Kier molecular flexibility index (Phi) is 8.24. The summed E-state index contributed by atoms with van der Waals surface area (Å²) in [5, 5.41) is 4.03. The van der Waals surface area contributed by atoms with Crippen molar-refractivity contribution in [1.29, 1.82) is 0 Å². The van der Waals surface area contributed by atoms with Gasteiger partial charge in [0.1, 0.15) is 11.5 Å². The highest BCUT2D eigenvalue weighted by Crippen LogP contribution is 2.47. The Morgan fingerprint density at radius 3 is 2.45 bits per heavy atom. The molecule has 1 aliphatic rings. The van der Waals surface area contributed by atoms with Crippen LogP contribution in [0.5, 0.6) is 11.5 Å². The molecule has 8 heteroatoms. The lowest BCUT2D eigenvalue weighted by Gasteiger charge is -2.25. The zero-order valence-corrected chi connectivity index (χ0v) is 23.7. The van der Waals surface area contributed by atoms with E-state index in [0.717, 1.165) is 22.4 Å². The van der Waals surface area contributed by atoms with Crippen LogP contribution >= 0.6 is 23.2 Å². The largest absolute Gasteiger partial charge is 0.497 e. The summed E-state index contributed by atoms with van der Waals surface area (Å²) in [7, 11) is 3.20. The summed E-state index contributed by atoms with van der Waals surface area (Å²) >= 11 is 12.9. The lowest BCUT2D eigenvalue weighted by Crippen LogP contribution is -2.38. The number of ether oxygens (including phenoxy) is 2. The molecule has 0 aliphatic carbocycles.